The zero-order valence-corrected chi connectivity index (χ0v) is 13.7. The molecule has 1 aliphatic rings. The van der Waals surface area contributed by atoms with E-state index in [1.807, 2.05) is 30.0 Å². The normalized spacial score (nSPS) is 14.2. The third kappa shape index (κ3) is 4.18. The van der Waals surface area contributed by atoms with Crippen LogP contribution in [-0.2, 0) is 4.79 Å². The number of carbonyl (C=O) groups excluding carboxylic acids is 1. The van der Waals surface area contributed by atoms with Crippen LogP contribution in [0.1, 0.15) is 18.4 Å². The van der Waals surface area contributed by atoms with E-state index >= 15 is 0 Å². The highest BCUT2D eigenvalue weighted by molar-refractivity contribution is 9.10. The Bertz CT molecular complexity index is 516. The third-order valence-corrected chi connectivity index (χ3v) is 4.07. The molecule has 0 unspecified atom stereocenters. The van der Waals surface area contributed by atoms with Gasteiger partial charge >= 0.3 is 0 Å². The van der Waals surface area contributed by atoms with E-state index in [4.69, 9.17) is 17.0 Å². The van der Waals surface area contributed by atoms with Gasteiger partial charge in [-0.05, 0) is 65.6 Å². The Balaban J connectivity index is 1.81. The molecule has 1 aromatic rings. The number of benzene rings is 1. The lowest BCUT2D eigenvalue weighted by molar-refractivity contribution is -0.121. The number of ether oxygens (including phenoxy) is 1. The predicted molar refractivity (Wildman–Crippen MR) is 85.9 cm³/mol. The molecule has 1 fully saturated rings. The Morgan fingerprint density at radius 1 is 1.45 bits per heavy atom. The van der Waals surface area contributed by atoms with Crippen molar-refractivity contribution in [3.63, 3.8) is 0 Å². The molecule has 108 valence electrons. The van der Waals surface area contributed by atoms with E-state index in [-0.39, 0.29) is 12.5 Å². The van der Waals surface area contributed by atoms with Crippen molar-refractivity contribution < 1.29 is 9.53 Å². The number of hydrogen-bond acceptors (Lipinski definition) is 3. The van der Waals surface area contributed by atoms with Crippen LogP contribution in [0.5, 0.6) is 5.75 Å². The lowest BCUT2D eigenvalue weighted by Crippen LogP contribution is -2.42. The Morgan fingerprint density at radius 3 is 2.80 bits per heavy atom. The quantitative estimate of drug-likeness (QED) is 0.845. The number of likely N-dealkylation sites (tertiary alicyclic amines) is 1. The molecule has 4 nitrogen and oxygen atoms in total. The largest absolute Gasteiger partial charge is 0.483 e. The molecule has 0 atom stereocenters. The fourth-order valence-corrected chi connectivity index (χ4v) is 2.92. The number of aryl methyl sites for hydroxylation is 1. The maximum absolute atomic E-state index is 11.8. The van der Waals surface area contributed by atoms with Gasteiger partial charge in [0.25, 0.3) is 5.91 Å². The van der Waals surface area contributed by atoms with Gasteiger partial charge in [0.05, 0.1) is 4.47 Å². The first-order valence-electron chi connectivity index (χ1n) is 6.54. The van der Waals surface area contributed by atoms with Gasteiger partial charge in [-0.2, -0.15) is 0 Å². The summed E-state index contributed by atoms with van der Waals surface area (Å²) in [5, 5.41) is 3.20. The Labute approximate surface area is 132 Å². The van der Waals surface area contributed by atoms with Crippen molar-refractivity contribution >= 4 is 39.2 Å². The Morgan fingerprint density at radius 2 is 2.15 bits per heavy atom. The Hall–Kier alpha value is -1.14. The molecule has 1 N–H and O–H groups in total. The number of halogens is 1. The Kier molecular flexibility index (Phi) is 5.37. The van der Waals surface area contributed by atoms with Crippen molar-refractivity contribution in [1.29, 1.82) is 0 Å². The van der Waals surface area contributed by atoms with Gasteiger partial charge in [-0.15, -0.1) is 0 Å². The lowest BCUT2D eigenvalue weighted by Gasteiger charge is -2.18. The minimum absolute atomic E-state index is 0.0460. The molecule has 1 saturated heterocycles. The summed E-state index contributed by atoms with van der Waals surface area (Å²) in [4.78, 5) is 13.8. The van der Waals surface area contributed by atoms with Crippen LogP contribution >= 0.6 is 28.1 Å². The SMILES string of the molecule is Cc1ccc(OCC(=O)NC(=S)N2CCCC2)c(Br)c1. The van der Waals surface area contributed by atoms with Crippen LogP contribution in [0.25, 0.3) is 0 Å². The third-order valence-electron chi connectivity index (χ3n) is 3.09. The van der Waals surface area contributed by atoms with Crippen LogP contribution in [0.4, 0.5) is 0 Å². The van der Waals surface area contributed by atoms with E-state index in [2.05, 4.69) is 21.2 Å². The summed E-state index contributed by atoms with van der Waals surface area (Å²) >= 11 is 8.60. The smallest absolute Gasteiger partial charge is 0.264 e. The summed E-state index contributed by atoms with van der Waals surface area (Å²) in [7, 11) is 0. The number of rotatable bonds is 3. The number of hydrogen-bond donors (Lipinski definition) is 1. The molecule has 0 radical (unpaired) electrons. The zero-order chi connectivity index (χ0) is 14.5. The second-order valence-corrected chi connectivity index (χ2v) is 6.01. The van der Waals surface area contributed by atoms with Gasteiger partial charge in [0.15, 0.2) is 11.7 Å². The van der Waals surface area contributed by atoms with Gasteiger partial charge in [0.2, 0.25) is 0 Å². The van der Waals surface area contributed by atoms with Gasteiger partial charge in [-0.3, -0.25) is 4.79 Å². The minimum Gasteiger partial charge on any atom is -0.483 e. The molecule has 1 aromatic carbocycles. The summed E-state index contributed by atoms with van der Waals surface area (Å²) in [6, 6.07) is 5.72. The molecule has 0 spiro atoms. The average molecular weight is 357 g/mol. The zero-order valence-electron chi connectivity index (χ0n) is 11.3. The molecule has 6 heteroatoms. The molecular formula is C14H17BrN2O2S. The van der Waals surface area contributed by atoms with Gasteiger partial charge in [-0.1, -0.05) is 6.07 Å². The van der Waals surface area contributed by atoms with Crippen LogP contribution in [-0.4, -0.2) is 35.6 Å². The highest BCUT2D eigenvalue weighted by Gasteiger charge is 2.16. The maximum Gasteiger partial charge on any atom is 0.264 e. The van der Waals surface area contributed by atoms with Crippen LogP contribution < -0.4 is 10.1 Å². The first-order valence-corrected chi connectivity index (χ1v) is 7.74. The topological polar surface area (TPSA) is 41.6 Å². The van der Waals surface area contributed by atoms with E-state index in [0.717, 1.165) is 36.0 Å². The number of nitrogens with one attached hydrogen (secondary N) is 1. The van der Waals surface area contributed by atoms with Crippen molar-refractivity contribution in [3.8, 4) is 5.75 Å². The highest BCUT2D eigenvalue weighted by atomic mass is 79.9. The molecule has 1 amide bonds. The van der Waals surface area contributed by atoms with Crippen molar-refractivity contribution in [2.75, 3.05) is 19.7 Å². The number of nitrogens with zero attached hydrogens (tertiary/aromatic N) is 1. The molecule has 0 aliphatic carbocycles. The summed E-state index contributed by atoms with van der Waals surface area (Å²) in [5.41, 5.74) is 1.13. The molecular weight excluding hydrogens is 340 g/mol. The lowest BCUT2D eigenvalue weighted by atomic mass is 10.2. The van der Waals surface area contributed by atoms with Crippen LogP contribution in [0.3, 0.4) is 0 Å². The fourth-order valence-electron chi connectivity index (χ4n) is 2.02. The van der Waals surface area contributed by atoms with Gasteiger partial charge in [-0.25, -0.2) is 0 Å². The molecule has 0 aromatic heterocycles. The molecule has 1 heterocycles. The monoisotopic (exact) mass is 356 g/mol. The minimum atomic E-state index is -0.227. The molecule has 20 heavy (non-hydrogen) atoms. The van der Waals surface area contributed by atoms with Crippen molar-refractivity contribution in [2.45, 2.75) is 19.8 Å². The predicted octanol–water partition coefficient (Wildman–Crippen LogP) is 2.63. The second-order valence-electron chi connectivity index (χ2n) is 4.77. The molecule has 1 aliphatic heterocycles. The summed E-state index contributed by atoms with van der Waals surface area (Å²) in [5.74, 6) is 0.423. The van der Waals surface area contributed by atoms with Crippen LogP contribution in [0.15, 0.2) is 22.7 Å². The number of carbonyl (C=O) groups is 1. The van der Waals surface area contributed by atoms with Gasteiger partial charge < -0.3 is 15.0 Å². The second kappa shape index (κ2) is 7.04. The van der Waals surface area contributed by atoms with Crippen molar-refractivity contribution in [3.05, 3.63) is 28.2 Å². The van der Waals surface area contributed by atoms with Gasteiger partial charge in [0.1, 0.15) is 5.75 Å². The average Bonchev–Trinajstić information content (AvgIpc) is 2.91. The summed E-state index contributed by atoms with van der Waals surface area (Å²) in [6.07, 6.45) is 2.26. The summed E-state index contributed by atoms with van der Waals surface area (Å²) < 4.78 is 6.32. The first kappa shape index (κ1) is 15.3. The standard InChI is InChI=1S/C14H17BrN2O2S/c1-10-4-5-12(11(15)8-10)19-9-13(18)16-14(20)17-6-2-3-7-17/h4-5,8H,2-3,6-7,9H2,1H3,(H,16,18,20). The summed E-state index contributed by atoms with van der Waals surface area (Å²) in [6.45, 7) is 3.79. The van der Waals surface area contributed by atoms with E-state index in [1.165, 1.54) is 0 Å². The fraction of sp³-hybridized carbons (Fsp3) is 0.429. The molecule has 0 bridgehead atoms. The maximum atomic E-state index is 11.8. The number of thiocarbonyl (C=S) groups is 1. The molecule has 2 rings (SSSR count). The number of amides is 1. The van der Waals surface area contributed by atoms with Gasteiger partial charge in [0, 0.05) is 13.1 Å². The highest BCUT2D eigenvalue weighted by Crippen LogP contribution is 2.25. The van der Waals surface area contributed by atoms with E-state index < -0.39 is 0 Å². The first-order chi connectivity index (χ1) is 9.56. The molecule has 0 saturated carbocycles. The van der Waals surface area contributed by atoms with E-state index in [0.29, 0.717) is 10.9 Å². The van der Waals surface area contributed by atoms with Crippen LogP contribution in [0.2, 0.25) is 0 Å². The van der Waals surface area contributed by atoms with E-state index in [9.17, 15) is 4.79 Å². The van der Waals surface area contributed by atoms with Crippen molar-refractivity contribution in [1.82, 2.24) is 10.2 Å². The van der Waals surface area contributed by atoms with Crippen LogP contribution in [0, 0.1) is 6.92 Å². The van der Waals surface area contributed by atoms with E-state index in [1.54, 1.807) is 0 Å². The van der Waals surface area contributed by atoms with Crippen molar-refractivity contribution in [2.24, 2.45) is 0 Å².